The lowest BCUT2D eigenvalue weighted by Gasteiger charge is -2.42. The first-order chi connectivity index (χ1) is 27.7. The van der Waals surface area contributed by atoms with Crippen LogP contribution < -0.4 is 25.6 Å². The van der Waals surface area contributed by atoms with Gasteiger partial charge in [-0.15, -0.1) is 0 Å². The molecule has 19 heteroatoms. The number of hydrogen-bond donors (Lipinski definition) is 4. The van der Waals surface area contributed by atoms with Crippen LogP contribution in [-0.4, -0.2) is 129 Å². The highest BCUT2D eigenvalue weighted by Gasteiger charge is 2.41. The molecule has 4 N–H and O–H groups in total. The summed E-state index contributed by atoms with van der Waals surface area (Å²) in [5, 5.41) is 15.7. The van der Waals surface area contributed by atoms with Gasteiger partial charge in [-0.05, 0) is 96.3 Å². The highest BCUT2D eigenvalue weighted by molar-refractivity contribution is 6.16. The van der Waals surface area contributed by atoms with E-state index in [4.69, 9.17) is 24.4 Å². The molecule has 0 aromatic heterocycles. The van der Waals surface area contributed by atoms with Gasteiger partial charge in [0.05, 0.1) is 27.0 Å². The van der Waals surface area contributed by atoms with E-state index in [1.165, 1.54) is 41.2 Å². The third-order valence-corrected chi connectivity index (χ3v) is 8.51. The quantitative estimate of drug-likeness (QED) is 0.0746. The van der Waals surface area contributed by atoms with Crippen LogP contribution in [0.4, 0.5) is 20.1 Å². The van der Waals surface area contributed by atoms with Crippen LogP contribution >= 0.6 is 0 Å². The van der Waals surface area contributed by atoms with Crippen LogP contribution in [0.25, 0.3) is 0 Å². The predicted octanol–water partition coefficient (Wildman–Crippen LogP) is 3.59. The standard InChI is InChI=1S/C40H55N7O12/c1-39(2,3)58-31(48)24-45-21-22-46(30(34(45)51)11-10-20-42-36(52)59-40(4,5)6)33(50)29(23-25-12-18-28(55-7)19-13-25)43-32(49)26-14-16-27(17-15-26)47(38(54)57-9)35(41)44-37(53)56-8/h12-19,29-30H,10-11,20-24H2,1-9H3,(H,42,52)(H,43,49)(H2,41,44,53). The van der Waals surface area contributed by atoms with Crippen molar-refractivity contribution in [1.29, 1.82) is 5.41 Å². The van der Waals surface area contributed by atoms with Gasteiger partial charge in [-0.3, -0.25) is 29.9 Å². The van der Waals surface area contributed by atoms with Crippen molar-refractivity contribution >= 4 is 53.6 Å². The molecule has 19 nitrogen and oxygen atoms in total. The number of benzene rings is 2. The van der Waals surface area contributed by atoms with Crippen molar-refractivity contribution in [3.8, 4) is 5.75 Å². The van der Waals surface area contributed by atoms with Crippen molar-refractivity contribution in [2.75, 3.05) is 52.4 Å². The number of nitrogens with zero attached hydrogens (tertiary/aromatic N) is 3. The average Bonchev–Trinajstić information content (AvgIpc) is 3.16. The fraction of sp³-hybridized carbons (Fsp3) is 0.500. The zero-order chi connectivity index (χ0) is 44.1. The third kappa shape index (κ3) is 14.5. The summed E-state index contributed by atoms with van der Waals surface area (Å²) < 4.78 is 25.3. The van der Waals surface area contributed by atoms with Crippen molar-refractivity contribution in [1.82, 2.24) is 25.8 Å². The van der Waals surface area contributed by atoms with Gasteiger partial charge in [-0.1, -0.05) is 12.1 Å². The van der Waals surface area contributed by atoms with Crippen LogP contribution in [0.2, 0.25) is 0 Å². The monoisotopic (exact) mass is 825 g/mol. The zero-order valence-electron chi connectivity index (χ0n) is 35.0. The highest BCUT2D eigenvalue weighted by Crippen LogP contribution is 2.22. The molecule has 1 fully saturated rings. The Morgan fingerprint density at radius 2 is 1.47 bits per heavy atom. The van der Waals surface area contributed by atoms with Crippen LogP contribution in [0.5, 0.6) is 5.75 Å². The van der Waals surface area contributed by atoms with Crippen molar-refractivity contribution in [2.45, 2.75) is 84.1 Å². The van der Waals surface area contributed by atoms with Crippen LogP contribution in [0.1, 0.15) is 70.3 Å². The Bertz CT molecular complexity index is 1840. The van der Waals surface area contributed by atoms with Gasteiger partial charge in [0.1, 0.15) is 35.6 Å². The number of nitrogens with one attached hydrogen (secondary N) is 4. The Kier molecular flexibility index (Phi) is 16.6. The Morgan fingerprint density at radius 1 is 0.847 bits per heavy atom. The Morgan fingerprint density at radius 3 is 2.03 bits per heavy atom. The van der Waals surface area contributed by atoms with E-state index in [1.54, 1.807) is 65.8 Å². The molecule has 1 heterocycles. The second kappa shape index (κ2) is 20.9. The number of piperazine rings is 1. The maximum absolute atomic E-state index is 14.6. The number of esters is 1. The molecule has 1 aliphatic rings. The minimum atomic E-state index is -1.20. The molecular formula is C40H55N7O12. The molecule has 3 rings (SSSR count). The summed E-state index contributed by atoms with van der Waals surface area (Å²) in [4.78, 5) is 95.3. The number of guanidine groups is 1. The minimum absolute atomic E-state index is 0.0116. The summed E-state index contributed by atoms with van der Waals surface area (Å²) in [5.74, 6) is -2.47. The van der Waals surface area contributed by atoms with Crippen LogP contribution in [0.15, 0.2) is 48.5 Å². The van der Waals surface area contributed by atoms with Gasteiger partial charge in [0.15, 0.2) is 0 Å². The minimum Gasteiger partial charge on any atom is -0.497 e. The number of anilines is 1. The molecule has 59 heavy (non-hydrogen) atoms. The number of rotatable bonds is 13. The van der Waals surface area contributed by atoms with Crippen molar-refractivity contribution in [2.24, 2.45) is 0 Å². The predicted molar refractivity (Wildman–Crippen MR) is 214 cm³/mol. The maximum Gasteiger partial charge on any atom is 0.421 e. The van der Waals surface area contributed by atoms with E-state index in [9.17, 15) is 33.6 Å². The van der Waals surface area contributed by atoms with Gasteiger partial charge < -0.3 is 44.1 Å². The van der Waals surface area contributed by atoms with E-state index >= 15 is 0 Å². The van der Waals surface area contributed by atoms with Gasteiger partial charge in [-0.2, -0.15) is 0 Å². The number of hydrogen-bond acceptors (Lipinski definition) is 13. The molecule has 2 atom stereocenters. The van der Waals surface area contributed by atoms with Gasteiger partial charge in [0, 0.05) is 31.6 Å². The van der Waals surface area contributed by atoms with E-state index in [2.05, 4.69) is 20.7 Å². The second-order valence-electron chi connectivity index (χ2n) is 15.4. The topological polar surface area (TPSA) is 235 Å². The first kappa shape index (κ1) is 47.0. The lowest BCUT2D eigenvalue weighted by molar-refractivity contribution is -0.163. The molecule has 2 unspecified atom stereocenters. The summed E-state index contributed by atoms with van der Waals surface area (Å²) in [5.41, 5.74) is -0.715. The van der Waals surface area contributed by atoms with E-state index in [0.29, 0.717) is 11.3 Å². The summed E-state index contributed by atoms with van der Waals surface area (Å²) in [6.07, 6.45) is -2.28. The molecule has 1 aliphatic heterocycles. The Hall–Kier alpha value is -6.40. The fourth-order valence-corrected chi connectivity index (χ4v) is 5.89. The molecule has 2 aromatic rings. The molecule has 6 amide bonds. The van der Waals surface area contributed by atoms with Crippen LogP contribution in [0.3, 0.4) is 0 Å². The number of alkyl carbamates (subject to hydrolysis) is 2. The number of methoxy groups -OCH3 is 3. The largest absolute Gasteiger partial charge is 0.497 e. The van der Waals surface area contributed by atoms with Gasteiger partial charge in [-0.25, -0.2) is 19.3 Å². The number of carbonyl (C=O) groups is 7. The van der Waals surface area contributed by atoms with Crippen molar-refractivity contribution in [3.05, 3.63) is 59.7 Å². The summed E-state index contributed by atoms with van der Waals surface area (Å²) >= 11 is 0. The van der Waals surface area contributed by atoms with Gasteiger partial charge in [0.25, 0.3) is 5.91 Å². The first-order valence-corrected chi connectivity index (χ1v) is 18.8. The lowest BCUT2D eigenvalue weighted by Crippen LogP contribution is -2.63. The zero-order valence-corrected chi connectivity index (χ0v) is 35.0. The first-order valence-electron chi connectivity index (χ1n) is 18.8. The van der Waals surface area contributed by atoms with E-state index in [0.717, 1.165) is 19.1 Å². The maximum atomic E-state index is 14.6. The lowest BCUT2D eigenvalue weighted by atomic mass is 9.99. The molecule has 0 radical (unpaired) electrons. The van der Waals surface area contributed by atoms with Crippen molar-refractivity contribution < 1.29 is 57.2 Å². The molecular weight excluding hydrogens is 770 g/mol. The Balaban J connectivity index is 1.93. The van der Waals surface area contributed by atoms with Gasteiger partial charge in [0.2, 0.25) is 17.8 Å². The summed E-state index contributed by atoms with van der Waals surface area (Å²) in [6, 6.07) is 9.99. The van der Waals surface area contributed by atoms with Crippen LogP contribution in [0, 0.1) is 5.41 Å². The molecule has 2 aromatic carbocycles. The van der Waals surface area contributed by atoms with E-state index in [1.807, 2.05) is 0 Å². The molecule has 0 saturated carbocycles. The SMILES string of the molecule is COC(=O)NC(=N)N(C(=O)OC)c1ccc(C(=O)NC(Cc2ccc(OC)cc2)C(=O)N2CCN(CC(=O)OC(C)(C)C)C(=O)C2CCCNC(=O)OC(C)(C)C)cc1. The summed E-state index contributed by atoms with van der Waals surface area (Å²) in [6.45, 7) is 10.1. The average molecular weight is 826 g/mol. The third-order valence-electron chi connectivity index (χ3n) is 8.51. The number of amides is 6. The number of carbonyl (C=O) groups excluding carboxylic acids is 7. The van der Waals surface area contributed by atoms with Gasteiger partial charge >= 0.3 is 24.2 Å². The molecule has 0 spiro atoms. The van der Waals surface area contributed by atoms with E-state index < -0.39 is 71.2 Å². The molecule has 0 bridgehead atoms. The smallest absolute Gasteiger partial charge is 0.421 e. The van der Waals surface area contributed by atoms with Crippen LogP contribution in [-0.2, 0) is 39.8 Å². The molecule has 322 valence electrons. The highest BCUT2D eigenvalue weighted by atomic mass is 16.6. The fourth-order valence-electron chi connectivity index (χ4n) is 5.89. The number of ether oxygens (including phenoxy) is 5. The van der Waals surface area contributed by atoms with Crippen molar-refractivity contribution in [3.63, 3.8) is 0 Å². The van der Waals surface area contributed by atoms with E-state index in [-0.39, 0.29) is 56.7 Å². The normalized spacial score (nSPS) is 14.6. The summed E-state index contributed by atoms with van der Waals surface area (Å²) in [7, 11) is 3.68. The molecule has 0 aliphatic carbocycles. The molecule has 1 saturated heterocycles. The second-order valence-corrected chi connectivity index (χ2v) is 15.4. The Labute approximate surface area is 343 Å².